The normalized spacial score (nSPS) is 11.4. The number of pyridine rings is 2. The summed E-state index contributed by atoms with van der Waals surface area (Å²) in [5.41, 5.74) is 5.95. The third-order valence-corrected chi connectivity index (χ3v) is 7.17. The number of hydrogen-bond donors (Lipinski definition) is 1. The number of aromatic amines is 1. The van der Waals surface area contributed by atoms with E-state index in [0.29, 0.717) is 15.7 Å². The first-order valence-corrected chi connectivity index (χ1v) is 13.0. The third kappa shape index (κ3) is 4.21. The molecule has 38 heavy (non-hydrogen) atoms. The minimum absolute atomic E-state index is 0.0270. The smallest absolute Gasteiger partial charge is 0.296 e. The summed E-state index contributed by atoms with van der Waals surface area (Å²) in [6.45, 7) is 0. The molecule has 0 radical (unpaired) electrons. The second kappa shape index (κ2) is 9.30. The molecule has 0 aliphatic rings. The van der Waals surface area contributed by atoms with Crippen LogP contribution in [0.15, 0.2) is 76.2 Å². The molecule has 0 fully saturated rings. The summed E-state index contributed by atoms with van der Waals surface area (Å²) >= 11 is 6.63. The van der Waals surface area contributed by atoms with Crippen LogP contribution in [0.2, 0.25) is 0 Å². The summed E-state index contributed by atoms with van der Waals surface area (Å²) in [5, 5.41) is 21.7. The first-order valence-electron chi connectivity index (χ1n) is 11.4. The van der Waals surface area contributed by atoms with Crippen molar-refractivity contribution in [1.29, 1.82) is 0 Å². The highest BCUT2D eigenvalue weighted by Crippen LogP contribution is 2.32. The van der Waals surface area contributed by atoms with Gasteiger partial charge < -0.3 is 5.10 Å². The van der Waals surface area contributed by atoms with Crippen molar-refractivity contribution in [2.75, 3.05) is 0 Å². The van der Waals surface area contributed by atoms with Crippen LogP contribution in [0.3, 0.4) is 0 Å². The van der Waals surface area contributed by atoms with Crippen LogP contribution in [0.5, 0.6) is 0 Å². The molecule has 2 aromatic carbocycles. The third-order valence-electron chi connectivity index (χ3n) is 6.30. The van der Waals surface area contributed by atoms with Gasteiger partial charge in [-0.15, -0.1) is 0 Å². The summed E-state index contributed by atoms with van der Waals surface area (Å²) in [6, 6.07) is 13.2. The molecule has 0 aliphatic carbocycles. The molecule has 188 valence electrons. The SMILES string of the molecule is Cn1[nH]cc2cc3nc4cc(Br)cnc4c3cc21.Cn1ncc2ccc(-c3ncc(Br)cc3[N+](=O)[O-])cc21. The maximum Gasteiger partial charge on any atom is 0.296 e. The van der Waals surface area contributed by atoms with Gasteiger partial charge in [0.25, 0.3) is 5.69 Å². The second-order valence-electron chi connectivity index (χ2n) is 8.71. The standard InChI is InChI=1S/C13H9BrN4O2.C13H9BrN4/c1-17-11-4-8(2-3-9(11)6-16-17)13-12(18(19)20)5-10(14)7-15-13;1-18-12-4-9-10(2-7(12)5-16-18)17-11-3-8(14)6-15-13(9)11/h2-7H,1H3;2-6,16H,1H3. The van der Waals surface area contributed by atoms with Crippen LogP contribution in [0.4, 0.5) is 5.69 Å². The Hall–Kier alpha value is -4.16. The number of rotatable bonds is 2. The van der Waals surface area contributed by atoms with Crippen molar-refractivity contribution < 1.29 is 4.92 Å². The predicted octanol–water partition coefficient (Wildman–Crippen LogP) is 6.67. The van der Waals surface area contributed by atoms with Gasteiger partial charge in [-0.2, -0.15) is 5.10 Å². The first-order chi connectivity index (χ1) is 18.3. The highest BCUT2D eigenvalue weighted by molar-refractivity contribution is 9.10. The number of benzene rings is 2. The van der Waals surface area contributed by atoms with E-state index in [1.807, 2.05) is 55.4 Å². The van der Waals surface area contributed by atoms with E-state index < -0.39 is 4.92 Å². The van der Waals surface area contributed by atoms with E-state index in [1.165, 1.54) is 6.07 Å². The summed E-state index contributed by atoms with van der Waals surface area (Å²) in [4.78, 5) is 24.0. The lowest BCUT2D eigenvalue weighted by atomic mass is 10.1. The van der Waals surface area contributed by atoms with E-state index in [1.54, 1.807) is 17.1 Å². The molecule has 0 saturated carbocycles. The van der Waals surface area contributed by atoms with E-state index in [4.69, 9.17) is 0 Å². The van der Waals surface area contributed by atoms with E-state index in [9.17, 15) is 10.1 Å². The van der Waals surface area contributed by atoms with Gasteiger partial charge in [0.1, 0.15) is 5.69 Å². The van der Waals surface area contributed by atoms with Crippen LogP contribution >= 0.6 is 31.9 Å². The highest BCUT2D eigenvalue weighted by atomic mass is 79.9. The Labute approximate surface area is 231 Å². The van der Waals surface area contributed by atoms with Crippen LogP contribution in [-0.2, 0) is 14.1 Å². The lowest BCUT2D eigenvalue weighted by Crippen LogP contribution is -1.95. The molecule has 0 spiro atoms. The topological polar surface area (TPSA) is 120 Å². The van der Waals surface area contributed by atoms with Crippen molar-refractivity contribution in [3.8, 4) is 11.3 Å². The fourth-order valence-electron chi connectivity index (χ4n) is 4.45. The zero-order valence-corrected chi connectivity index (χ0v) is 23.2. The Balaban J connectivity index is 0.000000140. The molecule has 7 aromatic rings. The fourth-order valence-corrected chi connectivity index (χ4v) is 5.09. The Bertz CT molecular complexity index is 2030. The monoisotopic (exact) mass is 632 g/mol. The zero-order valence-electron chi connectivity index (χ0n) is 20.1. The van der Waals surface area contributed by atoms with Crippen molar-refractivity contribution >= 4 is 81.3 Å². The molecule has 1 N–H and O–H groups in total. The maximum absolute atomic E-state index is 11.2. The van der Waals surface area contributed by atoms with Crippen LogP contribution in [0.1, 0.15) is 0 Å². The van der Waals surface area contributed by atoms with Gasteiger partial charge in [-0.1, -0.05) is 12.1 Å². The Morgan fingerprint density at radius 1 is 0.895 bits per heavy atom. The minimum Gasteiger partial charge on any atom is -0.305 e. The number of nitrogens with one attached hydrogen (secondary N) is 1. The second-order valence-corrected chi connectivity index (χ2v) is 10.5. The van der Waals surface area contributed by atoms with Crippen LogP contribution in [0.25, 0.3) is 55.0 Å². The Kier molecular flexibility index (Phi) is 5.92. The van der Waals surface area contributed by atoms with Gasteiger partial charge in [0.05, 0.1) is 38.7 Å². The Morgan fingerprint density at radius 3 is 2.50 bits per heavy atom. The van der Waals surface area contributed by atoms with Crippen LogP contribution in [-0.4, -0.2) is 39.4 Å². The quantitative estimate of drug-likeness (QED) is 0.168. The molecule has 5 heterocycles. The molecule has 0 unspecified atom stereocenters. The molecule has 7 rings (SSSR count). The van der Waals surface area contributed by atoms with Gasteiger partial charge in [0, 0.05) is 69.4 Å². The number of H-pyrrole nitrogens is 1. The predicted molar refractivity (Wildman–Crippen MR) is 154 cm³/mol. The average Bonchev–Trinajstić information content (AvgIpc) is 3.57. The van der Waals surface area contributed by atoms with E-state index in [0.717, 1.165) is 48.2 Å². The van der Waals surface area contributed by atoms with E-state index in [-0.39, 0.29) is 5.69 Å². The number of hydrogen-bond acceptors (Lipinski definition) is 6. The molecule has 0 aliphatic heterocycles. The molecule has 12 heteroatoms. The van der Waals surface area contributed by atoms with Crippen molar-refractivity contribution in [1.82, 2.24) is 34.5 Å². The van der Waals surface area contributed by atoms with Gasteiger partial charge >= 0.3 is 0 Å². The largest absolute Gasteiger partial charge is 0.305 e. The molecular formula is C26H18Br2N8O2. The molecular weight excluding hydrogens is 616 g/mol. The average molecular weight is 634 g/mol. The summed E-state index contributed by atoms with van der Waals surface area (Å²) in [6.07, 6.45) is 7.10. The van der Waals surface area contributed by atoms with Crippen molar-refractivity contribution in [3.63, 3.8) is 0 Å². The number of aryl methyl sites for hydroxylation is 2. The van der Waals surface area contributed by atoms with Gasteiger partial charge in [0.15, 0.2) is 0 Å². The fraction of sp³-hybridized carbons (Fsp3) is 0.0769. The summed E-state index contributed by atoms with van der Waals surface area (Å²) in [5.74, 6) is 0. The highest BCUT2D eigenvalue weighted by Gasteiger charge is 2.18. The molecule has 5 aromatic heterocycles. The van der Waals surface area contributed by atoms with Gasteiger partial charge in [-0.3, -0.25) is 24.5 Å². The molecule has 0 atom stereocenters. The van der Waals surface area contributed by atoms with E-state index in [2.05, 4.69) is 69.1 Å². The van der Waals surface area contributed by atoms with Gasteiger partial charge in [0.2, 0.25) is 0 Å². The number of nitrogens with zero attached hydrogens (tertiary/aromatic N) is 7. The maximum atomic E-state index is 11.2. The first kappa shape index (κ1) is 24.2. The lowest BCUT2D eigenvalue weighted by Gasteiger charge is -2.04. The summed E-state index contributed by atoms with van der Waals surface area (Å²) in [7, 11) is 3.83. The summed E-state index contributed by atoms with van der Waals surface area (Å²) < 4.78 is 5.25. The zero-order chi connectivity index (χ0) is 26.6. The Morgan fingerprint density at radius 2 is 1.68 bits per heavy atom. The van der Waals surface area contributed by atoms with Gasteiger partial charge in [-0.25, -0.2) is 9.97 Å². The molecule has 0 amide bonds. The van der Waals surface area contributed by atoms with Crippen molar-refractivity contribution in [2.45, 2.75) is 0 Å². The van der Waals surface area contributed by atoms with E-state index >= 15 is 0 Å². The van der Waals surface area contributed by atoms with Crippen molar-refractivity contribution in [3.05, 3.63) is 86.3 Å². The molecule has 0 bridgehead atoms. The number of fused-ring (bicyclic) bond motifs is 5. The number of nitro groups is 1. The molecule has 10 nitrogen and oxygen atoms in total. The van der Waals surface area contributed by atoms with Crippen LogP contribution < -0.4 is 0 Å². The number of halogens is 2. The lowest BCUT2D eigenvalue weighted by molar-refractivity contribution is -0.384. The minimum atomic E-state index is -0.430. The van der Waals surface area contributed by atoms with Crippen LogP contribution in [0, 0.1) is 10.1 Å². The van der Waals surface area contributed by atoms with Gasteiger partial charge in [-0.05, 0) is 56.1 Å². The molecule has 0 saturated heterocycles. The van der Waals surface area contributed by atoms with Crippen molar-refractivity contribution in [2.24, 2.45) is 14.1 Å². The number of aromatic nitrogens is 7.